The normalized spacial score (nSPS) is 10.1. The van der Waals surface area contributed by atoms with Crippen LogP contribution in [0.4, 0.5) is 0 Å². The van der Waals surface area contributed by atoms with E-state index >= 15 is 0 Å². The molecule has 19 heavy (non-hydrogen) atoms. The number of aryl methyl sites for hydroxylation is 1. The van der Waals surface area contributed by atoms with Crippen LogP contribution in [0.25, 0.3) is 0 Å². The van der Waals surface area contributed by atoms with Crippen molar-refractivity contribution in [2.24, 2.45) is 10.4 Å². The third-order valence-electron chi connectivity index (χ3n) is 2.77. The number of nitrogens with zero attached hydrogens (tertiary/aromatic N) is 1. The number of isocyanates is 1. The lowest BCUT2D eigenvalue weighted by molar-refractivity contribution is 0.00137. The van der Waals surface area contributed by atoms with Gasteiger partial charge in [0.15, 0.2) is 0 Å². The molecule has 0 saturated carbocycles. The molecule has 0 radical (unpaired) electrons. The molecule has 0 aliphatic rings. The largest absolute Gasteiger partial charge is 0.396 e. The molecule has 1 rings (SSSR count). The molecule has 0 aliphatic heterocycles. The average molecular weight is 267 g/mol. The quantitative estimate of drug-likeness (QED) is 0.522. The smallest absolute Gasteiger partial charge is 0.234 e. The van der Waals surface area contributed by atoms with Crippen molar-refractivity contribution < 1.29 is 20.1 Å². The topological polar surface area (TPSA) is 90.1 Å². The summed E-state index contributed by atoms with van der Waals surface area (Å²) in [4.78, 5) is 12.9. The number of rotatable bonds is 6. The SMILES string of the molecule is Cc1ccccc1.O=C=NCCC(CO)(CO)CO. The van der Waals surface area contributed by atoms with E-state index in [2.05, 4.69) is 24.0 Å². The van der Waals surface area contributed by atoms with Crippen molar-refractivity contribution >= 4 is 6.08 Å². The average Bonchev–Trinajstić information content (AvgIpc) is 2.46. The highest BCUT2D eigenvalue weighted by molar-refractivity contribution is 5.32. The van der Waals surface area contributed by atoms with Gasteiger partial charge in [-0.25, -0.2) is 9.79 Å². The van der Waals surface area contributed by atoms with Gasteiger partial charge in [0.2, 0.25) is 6.08 Å². The Balaban J connectivity index is 0.000000388. The van der Waals surface area contributed by atoms with Crippen molar-refractivity contribution in [3.63, 3.8) is 0 Å². The molecule has 0 heterocycles. The lowest BCUT2D eigenvalue weighted by atomic mass is 9.87. The number of aliphatic hydroxyl groups is 3. The van der Waals surface area contributed by atoms with E-state index in [4.69, 9.17) is 15.3 Å². The Morgan fingerprint density at radius 1 is 1.11 bits per heavy atom. The second-order valence-electron chi connectivity index (χ2n) is 4.35. The van der Waals surface area contributed by atoms with E-state index in [1.807, 2.05) is 18.2 Å². The maximum atomic E-state index is 9.68. The molecule has 0 saturated heterocycles. The van der Waals surface area contributed by atoms with Crippen LogP contribution in [0.15, 0.2) is 35.3 Å². The molecule has 106 valence electrons. The number of hydrogen-bond donors (Lipinski definition) is 3. The van der Waals surface area contributed by atoms with Gasteiger partial charge in [0.25, 0.3) is 0 Å². The van der Waals surface area contributed by atoms with E-state index in [1.54, 1.807) is 0 Å². The van der Waals surface area contributed by atoms with Crippen LogP contribution in [-0.4, -0.2) is 47.8 Å². The monoisotopic (exact) mass is 267 g/mol. The second kappa shape index (κ2) is 10.4. The summed E-state index contributed by atoms with van der Waals surface area (Å²) in [6.07, 6.45) is 1.61. The molecule has 1 aromatic rings. The Morgan fingerprint density at radius 2 is 1.63 bits per heavy atom. The Labute approximate surface area is 113 Å². The number of carbonyl (C=O) groups excluding carboxylic acids is 1. The standard InChI is InChI=1S/C7H13NO4.C7H8/c9-3-7(4-10,5-11)1-2-8-6-12;1-7-5-3-2-4-6-7/h9-11H,1-5H2;2-6H,1H3. The summed E-state index contributed by atoms with van der Waals surface area (Å²) in [5, 5.41) is 26.4. The van der Waals surface area contributed by atoms with Crippen molar-refractivity contribution in [2.45, 2.75) is 13.3 Å². The summed E-state index contributed by atoms with van der Waals surface area (Å²) in [5.41, 5.74) is 0.392. The second-order valence-corrected chi connectivity index (χ2v) is 4.35. The molecule has 1 aromatic carbocycles. The van der Waals surface area contributed by atoms with Crippen LogP contribution in [0, 0.1) is 12.3 Å². The molecular weight excluding hydrogens is 246 g/mol. The zero-order chi connectivity index (χ0) is 14.6. The Bertz CT molecular complexity index is 362. The van der Waals surface area contributed by atoms with Gasteiger partial charge in [0.05, 0.1) is 26.4 Å². The highest BCUT2D eigenvalue weighted by Gasteiger charge is 2.27. The van der Waals surface area contributed by atoms with E-state index in [-0.39, 0.29) is 32.8 Å². The van der Waals surface area contributed by atoms with Crippen LogP contribution in [0.2, 0.25) is 0 Å². The Morgan fingerprint density at radius 3 is 1.95 bits per heavy atom. The number of hydrogen-bond acceptors (Lipinski definition) is 5. The number of aliphatic imine (C=N–C) groups is 1. The zero-order valence-corrected chi connectivity index (χ0v) is 11.1. The summed E-state index contributed by atoms with van der Waals surface area (Å²) >= 11 is 0. The maximum Gasteiger partial charge on any atom is 0.234 e. The van der Waals surface area contributed by atoms with E-state index in [1.165, 1.54) is 11.6 Å². The minimum Gasteiger partial charge on any atom is -0.396 e. The zero-order valence-electron chi connectivity index (χ0n) is 11.1. The summed E-state index contributed by atoms with van der Waals surface area (Å²) in [6.45, 7) is 1.27. The van der Waals surface area contributed by atoms with Gasteiger partial charge in [-0.2, -0.15) is 0 Å². The molecular formula is C14H21NO4. The third kappa shape index (κ3) is 7.49. The van der Waals surface area contributed by atoms with Crippen molar-refractivity contribution in [2.75, 3.05) is 26.4 Å². The predicted molar refractivity (Wildman–Crippen MR) is 72.5 cm³/mol. The highest BCUT2D eigenvalue weighted by atomic mass is 16.3. The van der Waals surface area contributed by atoms with Crippen LogP contribution < -0.4 is 0 Å². The molecule has 0 bridgehead atoms. The van der Waals surface area contributed by atoms with E-state index in [9.17, 15) is 4.79 Å². The number of aliphatic hydroxyl groups excluding tert-OH is 3. The van der Waals surface area contributed by atoms with Crippen LogP contribution in [-0.2, 0) is 4.79 Å². The van der Waals surface area contributed by atoms with Gasteiger partial charge in [0, 0.05) is 5.41 Å². The maximum absolute atomic E-state index is 9.68. The van der Waals surface area contributed by atoms with Gasteiger partial charge < -0.3 is 15.3 Å². The molecule has 0 aliphatic carbocycles. The Hall–Kier alpha value is -1.52. The molecule has 5 heteroatoms. The van der Waals surface area contributed by atoms with Crippen molar-refractivity contribution in [1.29, 1.82) is 0 Å². The van der Waals surface area contributed by atoms with Crippen molar-refractivity contribution in [3.8, 4) is 0 Å². The van der Waals surface area contributed by atoms with E-state index in [0.29, 0.717) is 0 Å². The third-order valence-corrected chi connectivity index (χ3v) is 2.77. The fourth-order valence-electron chi connectivity index (χ4n) is 1.26. The first-order chi connectivity index (χ1) is 9.14. The molecule has 0 unspecified atom stereocenters. The van der Waals surface area contributed by atoms with Crippen molar-refractivity contribution in [1.82, 2.24) is 0 Å². The van der Waals surface area contributed by atoms with Gasteiger partial charge in [-0.15, -0.1) is 0 Å². The minimum atomic E-state index is -0.930. The van der Waals surface area contributed by atoms with Crippen molar-refractivity contribution in [3.05, 3.63) is 35.9 Å². The molecule has 0 spiro atoms. The van der Waals surface area contributed by atoms with Gasteiger partial charge in [-0.05, 0) is 13.3 Å². The van der Waals surface area contributed by atoms with Gasteiger partial charge in [-0.3, -0.25) is 0 Å². The van der Waals surface area contributed by atoms with Crippen LogP contribution in [0.5, 0.6) is 0 Å². The van der Waals surface area contributed by atoms with Crippen LogP contribution in [0.3, 0.4) is 0 Å². The fourth-order valence-corrected chi connectivity index (χ4v) is 1.26. The number of benzene rings is 1. The fraction of sp³-hybridized carbons (Fsp3) is 0.500. The van der Waals surface area contributed by atoms with Crippen LogP contribution >= 0.6 is 0 Å². The molecule has 3 N–H and O–H groups in total. The highest BCUT2D eigenvalue weighted by Crippen LogP contribution is 2.19. The predicted octanol–water partition coefficient (Wildman–Crippen LogP) is 0.671. The van der Waals surface area contributed by atoms with Gasteiger partial charge >= 0.3 is 0 Å². The molecule has 0 atom stereocenters. The van der Waals surface area contributed by atoms with Crippen LogP contribution in [0.1, 0.15) is 12.0 Å². The first-order valence-corrected chi connectivity index (χ1v) is 6.02. The van der Waals surface area contributed by atoms with E-state index < -0.39 is 5.41 Å². The lowest BCUT2D eigenvalue weighted by Crippen LogP contribution is -2.34. The summed E-state index contributed by atoms with van der Waals surface area (Å²) < 4.78 is 0. The summed E-state index contributed by atoms with van der Waals surface area (Å²) in [6, 6.07) is 10.3. The summed E-state index contributed by atoms with van der Waals surface area (Å²) in [5.74, 6) is 0. The summed E-state index contributed by atoms with van der Waals surface area (Å²) in [7, 11) is 0. The van der Waals surface area contributed by atoms with Gasteiger partial charge in [-0.1, -0.05) is 35.9 Å². The Kier molecular flexibility index (Phi) is 9.57. The minimum absolute atomic E-state index is 0.158. The molecule has 0 aromatic heterocycles. The first-order valence-electron chi connectivity index (χ1n) is 6.02. The first kappa shape index (κ1) is 17.5. The molecule has 5 nitrogen and oxygen atoms in total. The molecule has 0 fully saturated rings. The van der Waals surface area contributed by atoms with E-state index in [0.717, 1.165) is 0 Å². The lowest BCUT2D eigenvalue weighted by Gasteiger charge is -2.25. The van der Waals surface area contributed by atoms with Gasteiger partial charge in [0.1, 0.15) is 0 Å². The molecule has 0 amide bonds.